The molecule has 110 valence electrons. The number of methoxy groups -OCH3 is 1. The summed E-state index contributed by atoms with van der Waals surface area (Å²) in [6.45, 7) is 3.82. The number of ether oxygens (including phenoxy) is 1. The predicted octanol–water partition coefficient (Wildman–Crippen LogP) is 3.77. The second kappa shape index (κ2) is 6.39. The van der Waals surface area contributed by atoms with Gasteiger partial charge in [0, 0.05) is 5.69 Å². The van der Waals surface area contributed by atoms with E-state index in [0.29, 0.717) is 5.56 Å². The van der Waals surface area contributed by atoms with E-state index in [1.807, 2.05) is 38.1 Å². The first-order valence-corrected chi connectivity index (χ1v) is 6.68. The molecule has 2 rings (SSSR count). The molecule has 2 aromatic carbocycles. The molecule has 0 aromatic heterocycles. The van der Waals surface area contributed by atoms with Crippen molar-refractivity contribution in [3.05, 3.63) is 65.0 Å². The third-order valence-corrected chi connectivity index (χ3v) is 3.35. The maximum absolute atomic E-state index is 13.5. The average molecular weight is 287 g/mol. The van der Waals surface area contributed by atoms with E-state index in [1.54, 1.807) is 6.07 Å². The first-order valence-electron chi connectivity index (χ1n) is 6.68. The fourth-order valence-corrected chi connectivity index (χ4v) is 2.12. The molecule has 1 atom stereocenters. The maximum Gasteiger partial charge on any atom is 0.333 e. The standard InChI is InChI=1S/C17H18FNO2/c1-11-4-8-14(9-5-11)19-16(17(20)21-3)15-10-13(18)7-6-12(15)2/h4-10,16,19H,1-3H3. The van der Waals surface area contributed by atoms with E-state index in [2.05, 4.69) is 5.32 Å². The molecule has 0 fully saturated rings. The van der Waals surface area contributed by atoms with Crippen LogP contribution in [0, 0.1) is 19.7 Å². The summed E-state index contributed by atoms with van der Waals surface area (Å²) in [5.74, 6) is -0.834. The molecule has 0 saturated heterocycles. The highest BCUT2D eigenvalue weighted by molar-refractivity contribution is 5.81. The van der Waals surface area contributed by atoms with Crippen LogP contribution in [0.25, 0.3) is 0 Å². The summed E-state index contributed by atoms with van der Waals surface area (Å²) in [6.07, 6.45) is 0. The van der Waals surface area contributed by atoms with Crippen molar-refractivity contribution in [3.8, 4) is 0 Å². The number of hydrogen-bond acceptors (Lipinski definition) is 3. The molecule has 4 heteroatoms. The normalized spacial score (nSPS) is 11.8. The lowest BCUT2D eigenvalue weighted by Gasteiger charge is -2.20. The van der Waals surface area contributed by atoms with Gasteiger partial charge in [0.25, 0.3) is 0 Å². The van der Waals surface area contributed by atoms with Gasteiger partial charge < -0.3 is 10.1 Å². The number of aryl methyl sites for hydroxylation is 2. The molecule has 0 spiro atoms. The van der Waals surface area contributed by atoms with Crippen molar-refractivity contribution in [2.45, 2.75) is 19.9 Å². The molecule has 0 bridgehead atoms. The molecule has 21 heavy (non-hydrogen) atoms. The number of carbonyl (C=O) groups excluding carboxylic acids is 1. The van der Waals surface area contributed by atoms with Gasteiger partial charge >= 0.3 is 5.97 Å². The number of rotatable bonds is 4. The molecule has 1 unspecified atom stereocenters. The number of esters is 1. The molecule has 0 heterocycles. The highest BCUT2D eigenvalue weighted by Gasteiger charge is 2.23. The van der Waals surface area contributed by atoms with Crippen LogP contribution in [-0.4, -0.2) is 13.1 Å². The SMILES string of the molecule is COC(=O)C(Nc1ccc(C)cc1)c1cc(F)ccc1C. The highest BCUT2D eigenvalue weighted by Crippen LogP contribution is 2.25. The predicted molar refractivity (Wildman–Crippen MR) is 80.7 cm³/mol. The second-order valence-electron chi connectivity index (χ2n) is 4.97. The molecule has 3 nitrogen and oxygen atoms in total. The lowest BCUT2D eigenvalue weighted by molar-refractivity contribution is -0.141. The summed E-state index contributed by atoms with van der Waals surface area (Å²) in [7, 11) is 1.32. The van der Waals surface area contributed by atoms with Gasteiger partial charge in [0.2, 0.25) is 0 Å². The second-order valence-corrected chi connectivity index (χ2v) is 4.97. The van der Waals surface area contributed by atoms with Crippen molar-refractivity contribution in [2.24, 2.45) is 0 Å². The number of carbonyl (C=O) groups is 1. The Labute approximate surface area is 123 Å². The Morgan fingerprint density at radius 3 is 2.43 bits per heavy atom. The van der Waals surface area contributed by atoms with Crippen LogP contribution in [0.3, 0.4) is 0 Å². The Morgan fingerprint density at radius 1 is 1.14 bits per heavy atom. The minimum atomic E-state index is -0.742. The molecule has 0 aliphatic carbocycles. The highest BCUT2D eigenvalue weighted by atomic mass is 19.1. The quantitative estimate of drug-likeness (QED) is 0.870. The van der Waals surface area contributed by atoms with Gasteiger partial charge in [0.1, 0.15) is 5.82 Å². The van der Waals surface area contributed by atoms with E-state index in [4.69, 9.17) is 4.74 Å². The van der Waals surface area contributed by atoms with Gasteiger partial charge in [0.15, 0.2) is 6.04 Å². The number of hydrogen-bond donors (Lipinski definition) is 1. The third kappa shape index (κ3) is 3.60. The minimum Gasteiger partial charge on any atom is -0.467 e. The lowest BCUT2D eigenvalue weighted by Crippen LogP contribution is -2.23. The summed E-state index contributed by atoms with van der Waals surface area (Å²) in [4.78, 5) is 12.0. The van der Waals surface area contributed by atoms with Gasteiger partial charge in [-0.25, -0.2) is 9.18 Å². The zero-order chi connectivity index (χ0) is 15.4. The zero-order valence-electron chi connectivity index (χ0n) is 12.3. The molecule has 0 radical (unpaired) electrons. The monoisotopic (exact) mass is 287 g/mol. The molecular formula is C17H18FNO2. The summed E-state index contributed by atoms with van der Waals surface area (Å²) < 4.78 is 18.3. The number of nitrogens with one attached hydrogen (secondary N) is 1. The number of halogens is 1. The smallest absolute Gasteiger partial charge is 0.333 e. The Bertz CT molecular complexity index is 638. The van der Waals surface area contributed by atoms with Crippen LogP contribution in [0.1, 0.15) is 22.7 Å². The molecule has 2 aromatic rings. The lowest BCUT2D eigenvalue weighted by atomic mass is 10.0. The summed E-state index contributed by atoms with van der Waals surface area (Å²) in [5, 5.41) is 3.10. The summed E-state index contributed by atoms with van der Waals surface area (Å²) in [5.41, 5.74) is 3.30. The van der Waals surface area contributed by atoms with E-state index in [0.717, 1.165) is 16.8 Å². The topological polar surface area (TPSA) is 38.3 Å². The zero-order valence-corrected chi connectivity index (χ0v) is 12.3. The first-order chi connectivity index (χ1) is 10.0. The van der Waals surface area contributed by atoms with Gasteiger partial charge in [-0.1, -0.05) is 23.8 Å². The van der Waals surface area contributed by atoms with Crippen LogP contribution in [0.5, 0.6) is 0 Å². The number of benzene rings is 2. The first kappa shape index (κ1) is 15.0. The Kier molecular flexibility index (Phi) is 4.58. The van der Waals surface area contributed by atoms with Crippen LogP contribution in [0.4, 0.5) is 10.1 Å². The average Bonchev–Trinajstić information content (AvgIpc) is 2.48. The van der Waals surface area contributed by atoms with E-state index in [-0.39, 0.29) is 5.82 Å². The molecule has 1 N–H and O–H groups in total. The Hall–Kier alpha value is -2.36. The van der Waals surface area contributed by atoms with Gasteiger partial charge in [-0.05, 0) is 49.2 Å². The van der Waals surface area contributed by atoms with Crippen molar-refractivity contribution in [2.75, 3.05) is 12.4 Å². The molecule has 0 saturated carbocycles. The van der Waals surface area contributed by atoms with E-state index >= 15 is 0 Å². The van der Waals surface area contributed by atoms with Gasteiger partial charge in [-0.2, -0.15) is 0 Å². The van der Waals surface area contributed by atoms with Crippen molar-refractivity contribution >= 4 is 11.7 Å². The Morgan fingerprint density at radius 2 is 1.81 bits per heavy atom. The fourth-order valence-electron chi connectivity index (χ4n) is 2.12. The largest absolute Gasteiger partial charge is 0.467 e. The van der Waals surface area contributed by atoms with Gasteiger partial charge in [0.05, 0.1) is 7.11 Å². The van der Waals surface area contributed by atoms with Crippen molar-refractivity contribution in [3.63, 3.8) is 0 Å². The molecule has 0 amide bonds. The van der Waals surface area contributed by atoms with E-state index < -0.39 is 12.0 Å². The van der Waals surface area contributed by atoms with Crippen LogP contribution in [-0.2, 0) is 9.53 Å². The maximum atomic E-state index is 13.5. The van der Waals surface area contributed by atoms with Crippen LogP contribution >= 0.6 is 0 Å². The Balaban J connectivity index is 2.36. The van der Waals surface area contributed by atoms with E-state index in [1.165, 1.54) is 19.2 Å². The number of anilines is 1. The van der Waals surface area contributed by atoms with Crippen molar-refractivity contribution in [1.29, 1.82) is 0 Å². The van der Waals surface area contributed by atoms with Crippen molar-refractivity contribution in [1.82, 2.24) is 0 Å². The third-order valence-electron chi connectivity index (χ3n) is 3.35. The molecule has 0 aliphatic heterocycles. The van der Waals surface area contributed by atoms with Gasteiger partial charge in [-0.3, -0.25) is 0 Å². The van der Waals surface area contributed by atoms with Gasteiger partial charge in [-0.15, -0.1) is 0 Å². The van der Waals surface area contributed by atoms with Crippen LogP contribution in [0.15, 0.2) is 42.5 Å². The van der Waals surface area contributed by atoms with E-state index in [9.17, 15) is 9.18 Å². The molecular weight excluding hydrogens is 269 g/mol. The fraction of sp³-hybridized carbons (Fsp3) is 0.235. The van der Waals surface area contributed by atoms with Crippen LogP contribution < -0.4 is 5.32 Å². The summed E-state index contributed by atoms with van der Waals surface area (Å²) in [6, 6.07) is 11.3. The molecule has 0 aliphatic rings. The summed E-state index contributed by atoms with van der Waals surface area (Å²) >= 11 is 0. The van der Waals surface area contributed by atoms with Crippen molar-refractivity contribution < 1.29 is 13.9 Å². The van der Waals surface area contributed by atoms with Crippen LogP contribution in [0.2, 0.25) is 0 Å². The minimum absolute atomic E-state index is 0.379.